The predicted molar refractivity (Wildman–Crippen MR) is 94.1 cm³/mol. The molecule has 7 heteroatoms. The monoisotopic (exact) mass is 351 g/mol. The molecule has 0 aliphatic carbocycles. The van der Waals surface area contributed by atoms with Gasteiger partial charge in [0.05, 0.1) is 17.5 Å². The number of ether oxygens (including phenoxy) is 1. The van der Waals surface area contributed by atoms with Crippen molar-refractivity contribution in [3.63, 3.8) is 0 Å². The molecule has 124 valence electrons. The molecular weight excluding hydrogens is 338 g/mol. The van der Waals surface area contributed by atoms with E-state index in [1.807, 2.05) is 36.4 Å². The predicted octanol–water partition coefficient (Wildman–Crippen LogP) is 2.89. The van der Waals surface area contributed by atoms with Crippen molar-refractivity contribution < 1.29 is 14.3 Å². The molecule has 1 amide bonds. The number of para-hydroxylation sites is 1. The first-order valence-electron chi connectivity index (χ1n) is 7.43. The molecule has 1 aromatic carbocycles. The fourth-order valence-electron chi connectivity index (χ4n) is 2.32. The normalized spacial score (nSPS) is 10.2. The number of benzene rings is 1. The summed E-state index contributed by atoms with van der Waals surface area (Å²) < 4.78 is 5.02. The summed E-state index contributed by atoms with van der Waals surface area (Å²) >= 11 is 1.24. The Hall–Kier alpha value is -3.24. The van der Waals surface area contributed by atoms with Gasteiger partial charge in [-0.05, 0) is 23.1 Å². The zero-order valence-corrected chi connectivity index (χ0v) is 13.9. The maximum Gasteiger partial charge on any atom is 0.310 e. The van der Waals surface area contributed by atoms with Crippen molar-refractivity contribution >= 4 is 39.1 Å². The van der Waals surface area contributed by atoms with Crippen molar-refractivity contribution in [1.82, 2.24) is 4.98 Å². The summed E-state index contributed by atoms with van der Waals surface area (Å²) in [6, 6.07) is 12.9. The second-order valence-corrected chi connectivity index (χ2v) is 6.07. The number of thiophene rings is 1. The fourth-order valence-corrected chi connectivity index (χ4v) is 3.07. The molecule has 0 aliphatic rings. The van der Waals surface area contributed by atoms with Crippen LogP contribution in [0.1, 0.15) is 11.1 Å². The molecule has 0 aliphatic heterocycles. The molecule has 3 rings (SSSR count). The number of nitrogens with zero attached hydrogens (tertiary/aromatic N) is 2. The van der Waals surface area contributed by atoms with E-state index in [1.165, 1.54) is 11.3 Å². The van der Waals surface area contributed by atoms with Gasteiger partial charge in [0.25, 0.3) is 5.91 Å². The number of carbonyl (C=O) groups is 2. The van der Waals surface area contributed by atoms with E-state index in [0.29, 0.717) is 10.6 Å². The summed E-state index contributed by atoms with van der Waals surface area (Å²) in [5, 5.41) is 14.5. The van der Waals surface area contributed by atoms with Gasteiger partial charge in [-0.1, -0.05) is 24.3 Å². The Bertz CT molecular complexity index is 970. The first kappa shape index (κ1) is 16.6. The summed E-state index contributed by atoms with van der Waals surface area (Å²) in [6.07, 6.45) is 1.70. The second kappa shape index (κ2) is 7.55. The third-order valence-corrected chi connectivity index (χ3v) is 4.28. The highest BCUT2D eigenvalue weighted by Gasteiger charge is 2.13. The Labute approximate surface area is 147 Å². The molecule has 0 unspecified atom stereocenters. The van der Waals surface area contributed by atoms with Crippen LogP contribution in [0.5, 0.6) is 0 Å². The molecule has 1 N–H and O–H groups in total. The summed E-state index contributed by atoms with van der Waals surface area (Å²) in [4.78, 5) is 28.1. The summed E-state index contributed by atoms with van der Waals surface area (Å²) in [5.74, 6) is -0.997. The molecule has 2 heterocycles. The quantitative estimate of drug-likeness (QED) is 0.714. The van der Waals surface area contributed by atoms with Crippen molar-refractivity contribution in [3.8, 4) is 6.07 Å². The minimum absolute atomic E-state index is 0.0318. The highest BCUT2D eigenvalue weighted by molar-refractivity contribution is 7.14. The molecule has 6 nitrogen and oxygen atoms in total. The number of nitriles is 1. The van der Waals surface area contributed by atoms with Gasteiger partial charge in [-0.3, -0.25) is 14.6 Å². The molecule has 0 fully saturated rings. The van der Waals surface area contributed by atoms with Gasteiger partial charge in [-0.2, -0.15) is 5.26 Å². The molecule has 0 bridgehead atoms. The van der Waals surface area contributed by atoms with Crippen molar-refractivity contribution in [1.29, 1.82) is 5.26 Å². The first-order valence-corrected chi connectivity index (χ1v) is 8.31. The average molecular weight is 351 g/mol. The number of aromatic nitrogens is 1. The van der Waals surface area contributed by atoms with Gasteiger partial charge >= 0.3 is 5.97 Å². The van der Waals surface area contributed by atoms with Crippen LogP contribution in [-0.2, 0) is 20.7 Å². The maximum absolute atomic E-state index is 12.0. The number of fused-ring (bicyclic) bond motifs is 1. The molecule has 0 atom stereocenters. The number of carbonyl (C=O) groups excluding carboxylic acids is 2. The molecule has 3 aromatic rings. The van der Waals surface area contributed by atoms with Gasteiger partial charge in [-0.25, -0.2) is 0 Å². The number of hydrogen-bond acceptors (Lipinski definition) is 6. The number of rotatable bonds is 5. The van der Waals surface area contributed by atoms with Crippen LogP contribution in [0.2, 0.25) is 0 Å². The molecule has 0 spiro atoms. The third-order valence-electron chi connectivity index (χ3n) is 3.45. The molecule has 25 heavy (non-hydrogen) atoms. The topological polar surface area (TPSA) is 92.1 Å². The number of anilines is 1. The summed E-state index contributed by atoms with van der Waals surface area (Å²) in [6.45, 7) is -0.403. The molecule has 0 saturated heterocycles. The minimum Gasteiger partial charge on any atom is -0.455 e. The van der Waals surface area contributed by atoms with Gasteiger partial charge < -0.3 is 10.1 Å². The number of pyridine rings is 1. The SMILES string of the molecule is N#Cc1ccsc1NC(=O)COC(=O)Cc1cccc2cccnc12. The van der Waals surface area contributed by atoms with Crippen molar-refractivity contribution in [2.75, 3.05) is 11.9 Å². The van der Waals surface area contributed by atoms with E-state index in [2.05, 4.69) is 10.3 Å². The van der Waals surface area contributed by atoms with Gasteiger partial charge in [0.1, 0.15) is 11.1 Å². The van der Waals surface area contributed by atoms with Gasteiger partial charge in [-0.15, -0.1) is 11.3 Å². The van der Waals surface area contributed by atoms with Crippen LogP contribution in [0.3, 0.4) is 0 Å². The minimum atomic E-state index is -0.514. The van der Waals surface area contributed by atoms with Crippen LogP contribution in [-0.4, -0.2) is 23.5 Å². The summed E-state index contributed by atoms with van der Waals surface area (Å²) in [5.41, 5.74) is 1.86. The van der Waals surface area contributed by atoms with E-state index >= 15 is 0 Å². The Balaban J connectivity index is 1.58. The van der Waals surface area contributed by atoms with E-state index in [0.717, 1.165) is 16.5 Å². The van der Waals surface area contributed by atoms with Crippen LogP contribution < -0.4 is 5.32 Å². The zero-order chi connectivity index (χ0) is 17.6. The zero-order valence-electron chi connectivity index (χ0n) is 13.1. The van der Waals surface area contributed by atoms with E-state index < -0.39 is 18.5 Å². The van der Waals surface area contributed by atoms with Crippen LogP contribution in [0.4, 0.5) is 5.00 Å². The van der Waals surface area contributed by atoms with Crippen molar-refractivity contribution in [3.05, 3.63) is 59.1 Å². The lowest BCUT2D eigenvalue weighted by atomic mass is 10.1. The van der Waals surface area contributed by atoms with E-state index in [-0.39, 0.29) is 6.42 Å². The van der Waals surface area contributed by atoms with Crippen molar-refractivity contribution in [2.24, 2.45) is 0 Å². The Kier molecular flexibility index (Phi) is 5.02. The second-order valence-electron chi connectivity index (χ2n) is 5.15. The third kappa shape index (κ3) is 4.00. The lowest BCUT2D eigenvalue weighted by molar-refractivity contribution is -0.146. The Morgan fingerprint density at radius 3 is 2.92 bits per heavy atom. The average Bonchev–Trinajstić information content (AvgIpc) is 3.07. The van der Waals surface area contributed by atoms with Crippen LogP contribution >= 0.6 is 11.3 Å². The standard InChI is InChI=1S/C18H13N3O3S/c19-10-14-6-8-25-18(14)21-15(22)11-24-16(23)9-13-4-1-3-12-5-2-7-20-17(12)13/h1-8H,9,11H2,(H,21,22). The lowest BCUT2D eigenvalue weighted by Crippen LogP contribution is -2.21. The maximum atomic E-state index is 12.0. The van der Waals surface area contributed by atoms with Crippen LogP contribution in [0.15, 0.2) is 48.0 Å². The highest BCUT2D eigenvalue weighted by atomic mass is 32.1. The number of amides is 1. The van der Waals surface area contributed by atoms with Crippen LogP contribution in [0.25, 0.3) is 10.9 Å². The summed E-state index contributed by atoms with van der Waals surface area (Å²) in [7, 11) is 0. The number of esters is 1. The highest BCUT2D eigenvalue weighted by Crippen LogP contribution is 2.22. The van der Waals surface area contributed by atoms with E-state index in [4.69, 9.17) is 10.00 Å². The molecule has 0 saturated carbocycles. The van der Waals surface area contributed by atoms with E-state index in [9.17, 15) is 9.59 Å². The Morgan fingerprint density at radius 2 is 2.08 bits per heavy atom. The first-order chi connectivity index (χ1) is 12.2. The largest absolute Gasteiger partial charge is 0.455 e. The molecular formula is C18H13N3O3S. The Morgan fingerprint density at radius 1 is 1.24 bits per heavy atom. The lowest BCUT2D eigenvalue weighted by Gasteiger charge is -2.07. The fraction of sp³-hybridized carbons (Fsp3) is 0.111. The van der Waals surface area contributed by atoms with Gasteiger partial charge in [0.15, 0.2) is 6.61 Å². The molecule has 2 aromatic heterocycles. The van der Waals surface area contributed by atoms with Crippen molar-refractivity contribution in [2.45, 2.75) is 6.42 Å². The van der Waals surface area contributed by atoms with Gasteiger partial charge in [0.2, 0.25) is 0 Å². The molecule has 0 radical (unpaired) electrons. The van der Waals surface area contributed by atoms with Gasteiger partial charge in [0, 0.05) is 11.6 Å². The smallest absolute Gasteiger partial charge is 0.310 e. The number of nitrogens with one attached hydrogen (secondary N) is 1. The number of hydrogen-bond donors (Lipinski definition) is 1. The van der Waals surface area contributed by atoms with E-state index in [1.54, 1.807) is 17.6 Å². The van der Waals surface area contributed by atoms with Crippen LogP contribution in [0, 0.1) is 11.3 Å².